The summed E-state index contributed by atoms with van der Waals surface area (Å²) in [6.45, 7) is 0. The third-order valence-corrected chi connectivity index (χ3v) is 2.85. The highest BCUT2D eigenvalue weighted by atomic mass is 35.5. The van der Waals surface area contributed by atoms with Gasteiger partial charge in [-0.2, -0.15) is 0 Å². The summed E-state index contributed by atoms with van der Waals surface area (Å²) in [7, 11) is 0. The lowest BCUT2D eigenvalue weighted by Gasteiger charge is -2.07. The molecule has 108 valence electrons. The van der Waals surface area contributed by atoms with E-state index in [-0.39, 0.29) is 22.1 Å². The van der Waals surface area contributed by atoms with Crippen molar-refractivity contribution in [2.24, 2.45) is 0 Å². The first-order valence-electron chi connectivity index (χ1n) is 5.55. The molecule has 21 heavy (non-hydrogen) atoms. The molecule has 1 heterocycles. The summed E-state index contributed by atoms with van der Waals surface area (Å²) in [5.41, 5.74) is 3.86. The smallest absolute Gasteiger partial charge is 0.285 e. The van der Waals surface area contributed by atoms with E-state index in [1.807, 2.05) is 0 Å². The molecule has 1 aromatic heterocycles. The molecule has 3 N–H and O–H groups in total. The molecule has 0 atom stereocenters. The maximum atomic E-state index is 13.3. The number of halogens is 2. The molecule has 0 saturated heterocycles. The second-order valence-electron chi connectivity index (χ2n) is 3.94. The number of nitrogens with zero attached hydrogens (tertiary/aromatic N) is 2. The molecule has 9 heteroatoms. The molecule has 2 rings (SSSR count). The first-order chi connectivity index (χ1) is 9.90. The molecule has 2 aromatic rings. The second-order valence-corrected chi connectivity index (χ2v) is 4.34. The van der Waals surface area contributed by atoms with Crippen LogP contribution in [0.4, 0.5) is 21.6 Å². The average Bonchev–Trinajstić information content (AvgIpc) is 2.43. The van der Waals surface area contributed by atoms with Crippen LogP contribution in [0.1, 0.15) is 10.4 Å². The number of nitro groups is 1. The quantitative estimate of drug-likeness (QED) is 0.514. The molecule has 0 fully saturated rings. The number of rotatable bonds is 3. The number of hydrogen-bond acceptors (Lipinski definition) is 5. The van der Waals surface area contributed by atoms with E-state index in [0.717, 1.165) is 6.07 Å². The summed E-state index contributed by atoms with van der Waals surface area (Å²) in [6, 6.07) is 4.51. The standard InChI is InChI=1S/C12H8ClFN4O3/c13-7-2-1-3-16-11(7)17-12(19)6-4-9(15)8(14)5-10(6)18(20)21/h1-5H,15H2,(H,16,17,19). The largest absolute Gasteiger partial charge is 0.396 e. The van der Waals surface area contributed by atoms with Crippen LogP contribution < -0.4 is 11.1 Å². The van der Waals surface area contributed by atoms with Crippen molar-refractivity contribution in [2.45, 2.75) is 0 Å². The van der Waals surface area contributed by atoms with Crippen molar-refractivity contribution in [3.8, 4) is 0 Å². The van der Waals surface area contributed by atoms with Gasteiger partial charge in [-0.05, 0) is 18.2 Å². The Labute approximate surface area is 122 Å². The zero-order valence-corrected chi connectivity index (χ0v) is 11.1. The van der Waals surface area contributed by atoms with E-state index in [4.69, 9.17) is 17.3 Å². The van der Waals surface area contributed by atoms with Crippen molar-refractivity contribution in [3.63, 3.8) is 0 Å². The number of amides is 1. The molecule has 7 nitrogen and oxygen atoms in total. The lowest BCUT2D eigenvalue weighted by atomic mass is 10.1. The van der Waals surface area contributed by atoms with Crippen molar-refractivity contribution in [3.05, 3.63) is 57.0 Å². The average molecular weight is 311 g/mol. The molecule has 0 aliphatic rings. The number of pyridine rings is 1. The molecule has 0 aliphatic carbocycles. The monoisotopic (exact) mass is 310 g/mol. The van der Waals surface area contributed by atoms with Gasteiger partial charge in [0.1, 0.15) is 5.56 Å². The van der Waals surface area contributed by atoms with Gasteiger partial charge in [-0.1, -0.05) is 11.6 Å². The summed E-state index contributed by atoms with van der Waals surface area (Å²) in [5.74, 6) is -1.82. The number of anilines is 2. The van der Waals surface area contributed by atoms with Gasteiger partial charge in [0, 0.05) is 6.20 Å². The van der Waals surface area contributed by atoms with Gasteiger partial charge in [-0.15, -0.1) is 0 Å². The van der Waals surface area contributed by atoms with E-state index in [2.05, 4.69) is 10.3 Å². The number of hydrogen-bond donors (Lipinski definition) is 2. The topological polar surface area (TPSA) is 111 Å². The maximum Gasteiger partial charge on any atom is 0.285 e. The first-order valence-corrected chi connectivity index (χ1v) is 5.93. The SMILES string of the molecule is Nc1cc(C(=O)Nc2ncccc2Cl)c([N+](=O)[O-])cc1F. The summed E-state index contributed by atoms with van der Waals surface area (Å²) in [4.78, 5) is 25.9. The summed E-state index contributed by atoms with van der Waals surface area (Å²) in [6.07, 6.45) is 1.38. The minimum Gasteiger partial charge on any atom is -0.396 e. The molecule has 0 saturated carbocycles. The number of benzene rings is 1. The molecular weight excluding hydrogens is 303 g/mol. The fourth-order valence-electron chi connectivity index (χ4n) is 1.56. The highest BCUT2D eigenvalue weighted by molar-refractivity contribution is 6.33. The van der Waals surface area contributed by atoms with Crippen LogP contribution in [0.3, 0.4) is 0 Å². The lowest BCUT2D eigenvalue weighted by Crippen LogP contribution is -2.16. The van der Waals surface area contributed by atoms with Gasteiger partial charge in [0.2, 0.25) is 0 Å². The van der Waals surface area contributed by atoms with Gasteiger partial charge in [0.05, 0.1) is 21.7 Å². The maximum absolute atomic E-state index is 13.3. The number of nitrogens with one attached hydrogen (secondary N) is 1. The van der Waals surface area contributed by atoms with Crippen LogP contribution in [-0.2, 0) is 0 Å². The zero-order valence-electron chi connectivity index (χ0n) is 10.3. The third-order valence-electron chi connectivity index (χ3n) is 2.55. The van der Waals surface area contributed by atoms with E-state index in [0.29, 0.717) is 6.07 Å². The summed E-state index contributed by atoms with van der Waals surface area (Å²) >= 11 is 5.82. The van der Waals surface area contributed by atoms with Crippen LogP contribution >= 0.6 is 11.6 Å². The Morgan fingerprint density at radius 3 is 2.81 bits per heavy atom. The third kappa shape index (κ3) is 3.06. The molecule has 1 aromatic carbocycles. The van der Waals surface area contributed by atoms with E-state index in [9.17, 15) is 19.3 Å². The molecule has 0 unspecified atom stereocenters. The number of nitrogen functional groups attached to an aromatic ring is 1. The van der Waals surface area contributed by atoms with Gasteiger partial charge < -0.3 is 11.1 Å². The van der Waals surface area contributed by atoms with Crippen LogP contribution in [0.25, 0.3) is 0 Å². The Hall–Kier alpha value is -2.74. The Morgan fingerprint density at radius 2 is 2.19 bits per heavy atom. The van der Waals surface area contributed by atoms with Crippen molar-refractivity contribution in [2.75, 3.05) is 11.1 Å². The number of carbonyl (C=O) groups is 1. The minimum atomic E-state index is -0.978. The first kappa shape index (κ1) is 14.7. The molecule has 0 bridgehead atoms. The number of nitrogens with two attached hydrogens (primary N) is 1. The number of nitro benzene ring substituents is 1. The predicted molar refractivity (Wildman–Crippen MR) is 74.7 cm³/mol. The van der Waals surface area contributed by atoms with Crippen molar-refractivity contribution in [1.29, 1.82) is 0 Å². The predicted octanol–water partition coefficient (Wildman–Crippen LogP) is 2.62. The van der Waals surface area contributed by atoms with Crippen LogP contribution in [0.2, 0.25) is 5.02 Å². The van der Waals surface area contributed by atoms with Crippen LogP contribution in [0.5, 0.6) is 0 Å². The normalized spacial score (nSPS) is 10.2. The van der Waals surface area contributed by atoms with E-state index >= 15 is 0 Å². The Bertz CT molecular complexity index is 738. The van der Waals surface area contributed by atoms with Crippen LogP contribution in [0.15, 0.2) is 30.5 Å². The van der Waals surface area contributed by atoms with Gasteiger partial charge in [-0.25, -0.2) is 9.37 Å². The fraction of sp³-hybridized carbons (Fsp3) is 0. The molecule has 0 radical (unpaired) electrons. The molecule has 0 aliphatic heterocycles. The molecule has 0 spiro atoms. The van der Waals surface area contributed by atoms with Crippen LogP contribution in [-0.4, -0.2) is 15.8 Å². The zero-order chi connectivity index (χ0) is 15.6. The lowest BCUT2D eigenvalue weighted by molar-refractivity contribution is -0.385. The van der Waals surface area contributed by atoms with Gasteiger partial charge in [0.15, 0.2) is 11.6 Å². The Kier molecular flexibility index (Phi) is 3.99. The second kappa shape index (κ2) is 5.71. The number of aromatic nitrogens is 1. The number of carbonyl (C=O) groups excluding carboxylic acids is 1. The fourth-order valence-corrected chi connectivity index (χ4v) is 1.73. The Balaban J connectivity index is 2.42. The van der Waals surface area contributed by atoms with Gasteiger partial charge >= 0.3 is 0 Å². The summed E-state index contributed by atoms with van der Waals surface area (Å²) in [5, 5.41) is 13.3. The van der Waals surface area contributed by atoms with Gasteiger partial charge in [-0.3, -0.25) is 14.9 Å². The minimum absolute atomic E-state index is 0.0290. The van der Waals surface area contributed by atoms with Crippen molar-refractivity contribution < 1.29 is 14.1 Å². The highest BCUT2D eigenvalue weighted by Crippen LogP contribution is 2.26. The molecule has 1 amide bonds. The van der Waals surface area contributed by atoms with Crippen LogP contribution in [0, 0.1) is 15.9 Å². The van der Waals surface area contributed by atoms with E-state index in [1.165, 1.54) is 12.3 Å². The van der Waals surface area contributed by atoms with Crippen molar-refractivity contribution >= 4 is 34.7 Å². The van der Waals surface area contributed by atoms with E-state index < -0.39 is 22.3 Å². The summed E-state index contributed by atoms with van der Waals surface area (Å²) < 4.78 is 13.3. The van der Waals surface area contributed by atoms with E-state index in [1.54, 1.807) is 6.07 Å². The van der Waals surface area contributed by atoms with Crippen molar-refractivity contribution in [1.82, 2.24) is 4.98 Å². The van der Waals surface area contributed by atoms with Gasteiger partial charge in [0.25, 0.3) is 11.6 Å². The molecular formula is C12H8ClFN4O3. The Morgan fingerprint density at radius 1 is 1.48 bits per heavy atom. The highest BCUT2D eigenvalue weighted by Gasteiger charge is 2.23.